The maximum Gasteiger partial charge on any atom is 0.264 e. The van der Waals surface area contributed by atoms with Crippen molar-refractivity contribution in [1.29, 1.82) is 0 Å². The van der Waals surface area contributed by atoms with E-state index in [2.05, 4.69) is 10.5 Å². The van der Waals surface area contributed by atoms with Crippen LogP contribution in [0, 0.1) is 5.82 Å². The van der Waals surface area contributed by atoms with E-state index in [9.17, 15) is 9.18 Å². The van der Waals surface area contributed by atoms with Gasteiger partial charge in [-0.25, -0.2) is 4.39 Å². The molecule has 1 heterocycles. The maximum atomic E-state index is 12.9. The van der Waals surface area contributed by atoms with Crippen LogP contribution < -0.4 is 14.8 Å². The van der Waals surface area contributed by atoms with E-state index in [-0.39, 0.29) is 18.3 Å². The summed E-state index contributed by atoms with van der Waals surface area (Å²) in [5.74, 6) is 0.688. The van der Waals surface area contributed by atoms with Gasteiger partial charge in [-0.1, -0.05) is 17.3 Å². The molecule has 3 rings (SSSR count). The zero-order valence-electron chi connectivity index (χ0n) is 14.5. The van der Waals surface area contributed by atoms with Gasteiger partial charge in [0, 0.05) is 18.5 Å². The zero-order chi connectivity index (χ0) is 18.5. The molecule has 0 saturated carbocycles. The highest BCUT2D eigenvalue weighted by atomic mass is 19.1. The average Bonchev–Trinajstić information content (AvgIpc) is 3.17. The van der Waals surface area contributed by atoms with Crippen LogP contribution in [0.3, 0.4) is 0 Å². The number of carbonyl (C=O) groups excluding carboxylic acids is 1. The number of hydrogen-bond acceptors (Lipinski definition) is 5. The van der Waals surface area contributed by atoms with Crippen molar-refractivity contribution in [2.24, 2.45) is 5.16 Å². The first-order valence-electron chi connectivity index (χ1n) is 8.08. The van der Waals surface area contributed by atoms with E-state index >= 15 is 0 Å². The van der Waals surface area contributed by atoms with Gasteiger partial charge in [-0.05, 0) is 35.9 Å². The van der Waals surface area contributed by atoms with Crippen LogP contribution in [0.5, 0.6) is 11.5 Å². The maximum absolute atomic E-state index is 12.9. The molecule has 7 heteroatoms. The molecule has 1 amide bonds. The molecule has 0 aromatic heterocycles. The van der Waals surface area contributed by atoms with Gasteiger partial charge < -0.3 is 19.6 Å². The molecule has 0 unspecified atom stereocenters. The number of rotatable bonds is 6. The van der Waals surface area contributed by atoms with E-state index in [1.54, 1.807) is 44.6 Å². The van der Waals surface area contributed by atoms with Crippen LogP contribution in [-0.2, 0) is 16.2 Å². The van der Waals surface area contributed by atoms with Crippen molar-refractivity contribution in [3.63, 3.8) is 0 Å². The van der Waals surface area contributed by atoms with Crippen molar-refractivity contribution in [2.75, 3.05) is 14.2 Å². The fraction of sp³-hybridized carbons (Fsp3) is 0.263. The number of nitrogens with zero attached hydrogens (tertiary/aromatic N) is 1. The lowest BCUT2D eigenvalue weighted by Gasteiger charge is -2.11. The number of carbonyl (C=O) groups is 1. The van der Waals surface area contributed by atoms with Gasteiger partial charge in [0.15, 0.2) is 0 Å². The molecule has 0 spiro atoms. The highest BCUT2D eigenvalue weighted by Crippen LogP contribution is 2.28. The first-order valence-corrected chi connectivity index (χ1v) is 8.08. The van der Waals surface area contributed by atoms with Gasteiger partial charge in [-0.15, -0.1) is 0 Å². The van der Waals surface area contributed by atoms with Crippen LogP contribution in [0.25, 0.3) is 0 Å². The molecule has 26 heavy (non-hydrogen) atoms. The van der Waals surface area contributed by atoms with Crippen LogP contribution >= 0.6 is 0 Å². The van der Waals surface area contributed by atoms with Gasteiger partial charge in [-0.3, -0.25) is 4.79 Å². The summed E-state index contributed by atoms with van der Waals surface area (Å²) in [4.78, 5) is 17.6. The molecule has 2 aromatic rings. The van der Waals surface area contributed by atoms with E-state index in [0.29, 0.717) is 23.6 Å². The van der Waals surface area contributed by atoms with Crippen molar-refractivity contribution in [1.82, 2.24) is 5.32 Å². The minimum absolute atomic E-state index is 0.282. The molecule has 6 nitrogen and oxygen atoms in total. The number of nitrogens with one attached hydrogen (secondary N) is 1. The van der Waals surface area contributed by atoms with Crippen LogP contribution in [0.2, 0.25) is 0 Å². The number of halogens is 1. The van der Waals surface area contributed by atoms with Crippen LogP contribution in [0.4, 0.5) is 4.39 Å². The lowest BCUT2D eigenvalue weighted by molar-refractivity contribution is -0.131. The minimum Gasteiger partial charge on any atom is -0.497 e. The average molecular weight is 358 g/mol. The largest absolute Gasteiger partial charge is 0.497 e. The second-order valence-corrected chi connectivity index (χ2v) is 5.75. The smallest absolute Gasteiger partial charge is 0.264 e. The van der Waals surface area contributed by atoms with Gasteiger partial charge in [0.05, 0.1) is 19.9 Å². The van der Waals surface area contributed by atoms with Gasteiger partial charge in [-0.2, -0.15) is 0 Å². The standard InChI is InChI=1S/C19H19FN2O4/c1-24-14-7-8-17(25-2)15(9-14)16-10-18(26-22-16)19(23)21-11-12-3-5-13(20)6-4-12/h3-9,18H,10-11H2,1-2H3,(H,21,23)/t18-/m0/s1. The lowest BCUT2D eigenvalue weighted by atomic mass is 10.0. The van der Waals surface area contributed by atoms with Crippen molar-refractivity contribution in [3.8, 4) is 11.5 Å². The van der Waals surface area contributed by atoms with Gasteiger partial charge >= 0.3 is 0 Å². The number of hydrogen-bond donors (Lipinski definition) is 1. The zero-order valence-corrected chi connectivity index (χ0v) is 14.5. The summed E-state index contributed by atoms with van der Waals surface area (Å²) in [7, 11) is 3.14. The summed E-state index contributed by atoms with van der Waals surface area (Å²) in [6, 6.07) is 11.3. The Balaban J connectivity index is 1.62. The van der Waals surface area contributed by atoms with E-state index in [0.717, 1.165) is 11.1 Å². The number of ether oxygens (including phenoxy) is 2. The Bertz CT molecular complexity index is 821. The molecule has 0 saturated heterocycles. The van der Waals surface area contributed by atoms with E-state index in [1.165, 1.54) is 12.1 Å². The number of benzene rings is 2. The third-order valence-corrected chi connectivity index (χ3v) is 4.06. The van der Waals surface area contributed by atoms with Gasteiger partial charge in [0.1, 0.15) is 17.3 Å². The van der Waals surface area contributed by atoms with E-state index in [4.69, 9.17) is 14.3 Å². The highest BCUT2D eigenvalue weighted by Gasteiger charge is 2.30. The number of amides is 1. The predicted molar refractivity (Wildman–Crippen MR) is 93.8 cm³/mol. The third-order valence-electron chi connectivity index (χ3n) is 4.06. The van der Waals surface area contributed by atoms with Crippen molar-refractivity contribution in [2.45, 2.75) is 19.1 Å². The van der Waals surface area contributed by atoms with Gasteiger partial charge in [0.25, 0.3) is 5.91 Å². The molecule has 0 aliphatic carbocycles. The number of oxime groups is 1. The van der Waals surface area contributed by atoms with E-state index < -0.39 is 6.10 Å². The fourth-order valence-electron chi connectivity index (χ4n) is 2.62. The molecular formula is C19H19FN2O4. The minimum atomic E-state index is -0.721. The molecular weight excluding hydrogens is 339 g/mol. The topological polar surface area (TPSA) is 69.1 Å². The second-order valence-electron chi connectivity index (χ2n) is 5.75. The summed E-state index contributed by atoms with van der Waals surface area (Å²) >= 11 is 0. The SMILES string of the molecule is COc1ccc(OC)c(C2=NO[C@H](C(=O)NCc3ccc(F)cc3)C2)c1. The van der Waals surface area contributed by atoms with Crippen LogP contribution in [0.1, 0.15) is 17.5 Å². The molecule has 1 aliphatic rings. The quantitative estimate of drug-likeness (QED) is 0.862. The third kappa shape index (κ3) is 3.93. The predicted octanol–water partition coefficient (Wildman–Crippen LogP) is 2.65. The Kier molecular flexibility index (Phi) is 5.36. The molecule has 136 valence electrons. The first kappa shape index (κ1) is 17.7. The monoisotopic (exact) mass is 358 g/mol. The van der Waals surface area contributed by atoms with Crippen molar-refractivity contribution < 1.29 is 23.5 Å². The summed E-state index contributed by atoms with van der Waals surface area (Å²) in [6.45, 7) is 0.288. The fourth-order valence-corrected chi connectivity index (χ4v) is 2.62. The normalized spacial score (nSPS) is 15.8. The summed E-state index contributed by atoms with van der Waals surface area (Å²) in [5, 5.41) is 6.80. The molecule has 1 N–H and O–H groups in total. The second kappa shape index (κ2) is 7.86. The van der Waals surface area contributed by atoms with Crippen LogP contribution in [-0.4, -0.2) is 31.9 Å². The molecule has 1 atom stereocenters. The van der Waals surface area contributed by atoms with Crippen molar-refractivity contribution >= 4 is 11.6 Å². The van der Waals surface area contributed by atoms with Gasteiger partial charge in [0.2, 0.25) is 6.10 Å². The molecule has 2 aromatic carbocycles. The summed E-state index contributed by atoms with van der Waals surface area (Å²) in [6.07, 6.45) is -0.403. The molecule has 0 radical (unpaired) electrons. The Hall–Kier alpha value is -3.09. The Labute approximate surface area is 150 Å². The lowest BCUT2D eigenvalue weighted by Crippen LogP contribution is -2.34. The first-order chi connectivity index (χ1) is 12.6. The van der Waals surface area contributed by atoms with Crippen LogP contribution in [0.15, 0.2) is 47.6 Å². The number of methoxy groups -OCH3 is 2. The Morgan fingerprint density at radius 3 is 2.69 bits per heavy atom. The van der Waals surface area contributed by atoms with Crippen molar-refractivity contribution in [3.05, 3.63) is 59.4 Å². The molecule has 0 fully saturated rings. The molecule has 1 aliphatic heterocycles. The Morgan fingerprint density at radius 1 is 1.23 bits per heavy atom. The van der Waals surface area contributed by atoms with E-state index in [1.807, 2.05) is 0 Å². The molecule has 0 bridgehead atoms. The highest BCUT2D eigenvalue weighted by molar-refractivity contribution is 6.06. The summed E-state index contributed by atoms with van der Waals surface area (Å²) < 4.78 is 23.5. The summed E-state index contributed by atoms with van der Waals surface area (Å²) in [5.41, 5.74) is 2.14. The Morgan fingerprint density at radius 2 is 2.00 bits per heavy atom.